The second kappa shape index (κ2) is 9.69. The van der Waals surface area contributed by atoms with Crippen LogP contribution in [0.2, 0.25) is 0 Å². The summed E-state index contributed by atoms with van der Waals surface area (Å²) in [6.07, 6.45) is 3.12. The van der Waals surface area contributed by atoms with Crippen LogP contribution in [0.5, 0.6) is 0 Å². The predicted molar refractivity (Wildman–Crippen MR) is 127 cm³/mol. The van der Waals surface area contributed by atoms with Gasteiger partial charge in [0.15, 0.2) is 5.16 Å². The summed E-state index contributed by atoms with van der Waals surface area (Å²) in [7, 11) is 0. The molecule has 1 aliphatic heterocycles. The quantitative estimate of drug-likeness (QED) is 0.388. The van der Waals surface area contributed by atoms with E-state index in [1.807, 2.05) is 58.0 Å². The topological polar surface area (TPSA) is 55.2 Å². The zero-order valence-corrected chi connectivity index (χ0v) is 19.0. The molecule has 6 heteroatoms. The first kappa shape index (κ1) is 21.6. The smallest absolute Gasteiger partial charge is 0.262 e. The number of carbonyl (C=O) groups excluding carboxylic acids is 1. The molecule has 0 atom stereocenters. The minimum Gasteiger partial charge on any atom is -0.339 e. The molecule has 162 valence electrons. The first-order valence-electron chi connectivity index (χ1n) is 11.0. The molecular formula is C25H29N3O2S. The van der Waals surface area contributed by atoms with E-state index in [4.69, 9.17) is 4.98 Å². The van der Waals surface area contributed by atoms with Crippen molar-refractivity contribution in [1.29, 1.82) is 0 Å². The van der Waals surface area contributed by atoms with Crippen LogP contribution in [0.1, 0.15) is 49.0 Å². The maximum atomic E-state index is 13.1. The Kier molecular flexibility index (Phi) is 6.76. The first-order valence-corrected chi connectivity index (χ1v) is 12.0. The lowest BCUT2D eigenvalue weighted by Crippen LogP contribution is -2.27. The van der Waals surface area contributed by atoms with Gasteiger partial charge >= 0.3 is 0 Å². The summed E-state index contributed by atoms with van der Waals surface area (Å²) in [5.74, 6) is 1.33. The van der Waals surface area contributed by atoms with Crippen molar-refractivity contribution in [2.24, 2.45) is 5.92 Å². The first-order chi connectivity index (χ1) is 15.0. The van der Waals surface area contributed by atoms with E-state index in [1.54, 1.807) is 11.8 Å². The Labute approximate surface area is 187 Å². The zero-order chi connectivity index (χ0) is 21.8. The van der Waals surface area contributed by atoms with Crippen LogP contribution < -0.4 is 5.56 Å². The molecule has 1 saturated heterocycles. The summed E-state index contributed by atoms with van der Waals surface area (Å²) >= 11 is 1.58. The van der Waals surface area contributed by atoms with Crippen molar-refractivity contribution >= 4 is 28.6 Å². The highest BCUT2D eigenvalue weighted by Crippen LogP contribution is 2.23. The van der Waals surface area contributed by atoms with Crippen LogP contribution in [0.4, 0.5) is 0 Å². The number of rotatable bonds is 7. The standard InChI is InChI=1S/C25H29N3O2S/c1-18(2)13-16-28-24(30)21-7-3-4-8-22(21)26-25(28)31-17-19-9-11-20(12-10-19)23(29)27-14-5-6-15-27/h3-4,7-12,18H,5-6,13-17H2,1-2H3. The van der Waals surface area contributed by atoms with Gasteiger partial charge in [0, 0.05) is 31.0 Å². The highest BCUT2D eigenvalue weighted by molar-refractivity contribution is 7.98. The van der Waals surface area contributed by atoms with Gasteiger partial charge in [-0.3, -0.25) is 14.2 Å². The highest BCUT2D eigenvalue weighted by atomic mass is 32.2. The second-order valence-corrected chi connectivity index (χ2v) is 9.48. The Morgan fingerprint density at radius 1 is 1.06 bits per heavy atom. The molecule has 0 spiro atoms. The van der Waals surface area contributed by atoms with Gasteiger partial charge in [0.05, 0.1) is 10.9 Å². The van der Waals surface area contributed by atoms with Gasteiger partial charge in [-0.25, -0.2) is 4.98 Å². The van der Waals surface area contributed by atoms with Crippen molar-refractivity contribution in [3.8, 4) is 0 Å². The molecule has 0 bridgehead atoms. The lowest BCUT2D eigenvalue weighted by molar-refractivity contribution is 0.0793. The number of benzene rings is 2. The van der Waals surface area contributed by atoms with Crippen LogP contribution in [-0.2, 0) is 12.3 Å². The van der Waals surface area contributed by atoms with Gasteiger partial charge in [-0.2, -0.15) is 0 Å². The minimum absolute atomic E-state index is 0.0281. The van der Waals surface area contributed by atoms with Crippen molar-refractivity contribution in [3.05, 3.63) is 70.0 Å². The Morgan fingerprint density at radius 2 is 1.77 bits per heavy atom. The van der Waals surface area contributed by atoms with E-state index < -0.39 is 0 Å². The summed E-state index contributed by atoms with van der Waals surface area (Å²) in [6, 6.07) is 15.4. The summed E-state index contributed by atoms with van der Waals surface area (Å²) in [4.78, 5) is 32.3. The molecule has 5 nitrogen and oxygen atoms in total. The molecule has 1 amide bonds. The monoisotopic (exact) mass is 435 g/mol. The molecule has 31 heavy (non-hydrogen) atoms. The second-order valence-electron chi connectivity index (χ2n) is 8.54. The molecule has 0 N–H and O–H groups in total. The number of thioether (sulfide) groups is 1. The highest BCUT2D eigenvalue weighted by Gasteiger charge is 2.19. The molecule has 2 heterocycles. The minimum atomic E-state index is 0.0281. The van der Waals surface area contributed by atoms with E-state index in [9.17, 15) is 9.59 Å². The number of nitrogens with zero attached hydrogens (tertiary/aromatic N) is 3. The molecule has 0 saturated carbocycles. The fraction of sp³-hybridized carbons (Fsp3) is 0.400. The van der Waals surface area contributed by atoms with Gasteiger partial charge in [0.25, 0.3) is 11.5 Å². The molecule has 0 unspecified atom stereocenters. The number of hydrogen-bond acceptors (Lipinski definition) is 4. The van der Waals surface area contributed by atoms with E-state index in [2.05, 4.69) is 13.8 Å². The van der Waals surface area contributed by atoms with Crippen molar-refractivity contribution < 1.29 is 4.79 Å². The van der Waals surface area contributed by atoms with Crippen LogP contribution in [0.25, 0.3) is 10.9 Å². The fourth-order valence-corrected chi connectivity index (χ4v) is 4.82. The normalized spacial score (nSPS) is 14.0. The molecule has 0 radical (unpaired) electrons. The summed E-state index contributed by atoms with van der Waals surface area (Å²) in [5, 5.41) is 1.42. The predicted octanol–water partition coefficient (Wildman–Crippen LogP) is 4.97. The number of amides is 1. The third-order valence-corrected chi connectivity index (χ3v) is 6.77. The average Bonchev–Trinajstić information content (AvgIpc) is 3.32. The zero-order valence-electron chi connectivity index (χ0n) is 18.2. The van der Waals surface area contributed by atoms with Gasteiger partial charge in [0.1, 0.15) is 0 Å². The molecular weight excluding hydrogens is 406 g/mol. The molecule has 2 aromatic carbocycles. The fourth-order valence-electron chi connectivity index (χ4n) is 3.84. The van der Waals surface area contributed by atoms with E-state index >= 15 is 0 Å². The number of para-hydroxylation sites is 1. The SMILES string of the molecule is CC(C)CCn1c(SCc2ccc(C(=O)N3CCCC3)cc2)nc2ccccc2c1=O. The summed E-state index contributed by atoms with van der Waals surface area (Å²) in [5.41, 5.74) is 2.62. The third-order valence-electron chi connectivity index (χ3n) is 5.72. The number of hydrogen-bond donors (Lipinski definition) is 0. The lowest BCUT2D eigenvalue weighted by Gasteiger charge is -2.16. The maximum absolute atomic E-state index is 13.1. The largest absolute Gasteiger partial charge is 0.339 e. The maximum Gasteiger partial charge on any atom is 0.262 e. The van der Waals surface area contributed by atoms with Crippen molar-refractivity contribution in [3.63, 3.8) is 0 Å². The van der Waals surface area contributed by atoms with E-state index in [-0.39, 0.29) is 11.5 Å². The van der Waals surface area contributed by atoms with Crippen LogP contribution >= 0.6 is 11.8 Å². The summed E-state index contributed by atoms with van der Waals surface area (Å²) < 4.78 is 1.82. The van der Waals surface area contributed by atoms with Crippen molar-refractivity contribution in [1.82, 2.24) is 14.5 Å². The molecule has 3 aromatic rings. The third kappa shape index (κ3) is 5.01. The summed E-state index contributed by atoms with van der Waals surface area (Å²) in [6.45, 7) is 6.71. The number of likely N-dealkylation sites (tertiary alicyclic amines) is 1. The van der Waals surface area contributed by atoms with Crippen molar-refractivity contribution in [2.75, 3.05) is 13.1 Å². The average molecular weight is 436 g/mol. The molecule has 1 fully saturated rings. The Hall–Kier alpha value is -2.60. The number of fused-ring (bicyclic) bond motifs is 1. The molecule has 1 aliphatic rings. The van der Waals surface area contributed by atoms with Crippen LogP contribution in [-0.4, -0.2) is 33.4 Å². The van der Waals surface area contributed by atoms with Crippen molar-refractivity contribution in [2.45, 2.75) is 50.6 Å². The number of aromatic nitrogens is 2. The Morgan fingerprint density at radius 3 is 2.48 bits per heavy atom. The van der Waals surface area contributed by atoms with Gasteiger partial charge < -0.3 is 4.90 Å². The Bertz CT molecular complexity index is 1120. The van der Waals surface area contributed by atoms with Crippen LogP contribution in [0, 0.1) is 5.92 Å². The van der Waals surface area contributed by atoms with Gasteiger partial charge in [-0.1, -0.05) is 49.9 Å². The lowest BCUT2D eigenvalue weighted by atomic mass is 10.1. The molecule has 4 rings (SSSR count). The molecule has 0 aliphatic carbocycles. The van der Waals surface area contributed by atoms with Crippen LogP contribution in [0.15, 0.2) is 58.5 Å². The Balaban J connectivity index is 1.53. The van der Waals surface area contributed by atoms with E-state index in [0.717, 1.165) is 54.2 Å². The van der Waals surface area contributed by atoms with Gasteiger partial charge in [-0.05, 0) is 55.0 Å². The van der Waals surface area contributed by atoms with Gasteiger partial charge in [0.2, 0.25) is 0 Å². The van der Waals surface area contributed by atoms with E-state index in [1.165, 1.54) is 0 Å². The van der Waals surface area contributed by atoms with E-state index in [0.29, 0.717) is 23.6 Å². The number of carbonyl (C=O) groups is 1. The molecule has 1 aromatic heterocycles. The van der Waals surface area contributed by atoms with Crippen LogP contribution in [0.3, 0.4) is 0 Å². The van der Waals surface area contributed by atoms with Gasteiger partial charge in [-0.15, -0.1) is 0 Å².